The third kappa shape index (κ3) is 2.34. The molecule has 1 aliphatic rings. The molecule has 1 rings (SSSR count). The lowest BCUT2D eigenvalue weighted by Gasteiger charge is -2.40. The van der Waals surface area contributed by atoms with Crippen molar-refractivity contribution in [1.82, 2.24) is 4.90 Å². The summed E-state index contributed by atoms with van der Waals surface area (Å²) in [4.78, 5) is 2.56. The first kappa shape index (κ1) is 9.79. The van der Waals surface area contributed by atoms with Crippen LogP contribution in [-0.4, -0.2) is 23.5 Å². The average Bonchev–Trinajstić information content (AvgIpc) is 2.03. The van der Waals surface area contributed by atoms with Crippen molar-refractivity contribution < 1.29 is 0 Å². The topological polar surface area (TPSA) is 3.24 Å². The second-order valence-electron chi connectivity index (χ2n) is 4.73. The minimum absolute atomic E-state index is 0.353. The molecule has 0 radical (unpaired) electrons. The van der Waals surface area contributed by atoms with Crippen molar-refractivity contribution in [2.75, 3.05) is 13.1 Å². The fourth-order valence-electron chi connectivity index (χ4n) is 1.81. The zero-order chi connectivity index (χ0) is 9.19. The summed E-state index contributed by atoms with van der Waals surface area (Å²) in [6.07, 6.45) is 4.70. The van der Waals surface area contributed by atoms with Gasteiger partial charge in [0.2, 0.25) is 0 Å². The standard InChI is InChI=1S/C11H21N/c1-5-10-6-8-12(9-7-10)11(2,3)4/h5,10H,1,6-9H2,2-4H3. The molecule has 1 nitrogen and oxygen atoms in total. The molecule has 0 bridgehead atoms. The molecule has 0 amide bonds. The second kappa shape index (κ2) is 3.61. The van der Waals surface area contributed by atoms with Gasteiger partial charge < -0.3 is 0 Å². The molecule has 0 aromatic heterocycles. The molecule has 70 valence electrons. The molecular weight excluding hydrogens is 146 g/mol. The zero-order valence-corrected chi connectivity index (χ0v) is 8.64. The maximum Gasteiger partial charge on any atom is 0.0125 e. The van der Waals surface area contributed by atoms with Crippen molar-refractivity contribution in [3.05, 3.63) is 12.7 Å². The van der Waals surface area contributed by atoms with Gasteiger partial charge in [-0.2, -0.15) is 0 Å². The minimum atomic E-state index is 0.353. The Labute approximate surface area is 76.5 Å². The fourth-order valence-corrected chi connectivity index (χ4v) is 1.81. The van der Waals surface area contributed by atoms with Crippen molar-refractivity contribution in [1.29, 1.82) is 0 Å². The van der Waals surface area contributed by atoms with Crippen LogP contribution in [0.3, 0.4) is 0 Å². The van der Waals surface area contributed by atoms with Gasteiger partial charge in [-0.1, -0.05) is 6.08 Å². The van der Waals surface area contributed by atoms with Crippen LogP contribution in [-0.2, 0) is 0 Å². The summed E-state index contributed by atoms with van der Waals surface area (Å²) in [5.41, 5.74) is 0.353. The van der Waals surface area contributed by atoms with Crippen molar-refractivity contribution in [3.63, 3.8) is 0 Å². The Kier molecular flexibility index (Phi) is 2.94. The van der Waals surface area contributed by atoms with Gasteiger partial charge in [-0.15, -0.1) is 6.58 Å². The molecule has 0 aromatic carbocycles. The van der Waals surface area contributed by atoms with E-state index >= 15 is 0 Å². The lowest BCUT2D eigenvalue weighted by molar-refractivity contribution is 0.0971. The first-order chi connectivity index (χ1) is 5.54. The largest absolute Gasteiger partial charge is 0.298 e. The Morgan fingerprint density at radius 3 is 2.08 bits per heavy atom. The fraction of sp³-hybridized carbons (Fsp3) is 0.818. The van der Waals surface area contributed by atoms with Gasteiger partial charge in [0, 0.05) is 5.54 Å². The summed E-state index contributed by atoms with van der Waals surface area (Å²) in [5.74, 6) is 0.767. The lowest BCUT2D eigenvalue weighted by atomic mass is 9.93. The van der Waals surface area contributed by atoms with Gasteiger partial charge in [0.1, 0.15) is 0 Å². The van der Waals surface area contributed by atoms with E-state index in [-0.39, 0.29) is 0 Å². The Morgan fingerprint density at radius 1 is 1.25 bits per heavy atom. The predicted octanol–water partition coefficient (Wildman–Crippen LogP) is 2.68. The number of hydrogen-bond donors (Lipinski definition) is 0. The van der Waals surface area contributed by atoms with Crippen molar-refractivity contribution in [3.8, 4) is 0 Å². The summed E-state index contributed by atoms with van der Waals surface area (Å²) in [6.45, 7) is 13.2. The molecule has 1 heterocycles. The maximum absolute atomic E-state index is 3.85. The normalized spacial score (nSPS) is 22.6. The molecule has 0 aliphatic carbocycles. The number of rotatable bonds is 1. The van der Waals surface area contributed by atoms with E-state index in [0.717, 1.165) is 5.92 Å². The molecule has 0 atom stereocenters. The van der Waals surface area contributed by atoms with Crippen LogP contribution in [0.5, 0.6) is 0 Å². The average molecular weight is 167 g/mol. The van der Waals surface area contributed by atoms with E-state index in [1.165, 1.54) is 25.9 Å². The van der Waals surface area contributed by atoms with Crippen LogP contribution in [0.4, 0.5) is 0 Å². The molecule has 1 saturated heterocycles. The van der Waals surface area contributed by atoms with Crippen LogP contribution in [0.15, 0.2) is 12.7 Å². The van der Waals surface area contributed by atoms with Crippen LogP contribution < -0.4 is 0 Å². The van der Waals surface area contributed by atoms with Crippen LogP contribution >= 0.6 is 0 Å². The van der Waals surface area contributed by atoms with Crippen molar-refractivity contribution in [2.45, 2.75) is 39.2 Å². The number of allylic oxidation sites excluding steroid dienone is 1. The van der Waals surface area contributed by atoms with Gasteiger partial charge in [-0.3, -0.25) is 4.90 Å². The number of hydrogen-bond acceptors (Lipinski definition) is 1. The third-order valence-corrected chi connectivity index (χ3v) is 2.82. The van der Waals surface area contributed by atoms with E-state index in [1.807, 2.05) is 0 Å². The van der Waals surface area contributed by atoms with E-state index < -0.39 is 0 Å². The van der Waals surface area contributed by atoms with Gasteiger partial charge in [0.15, 0.2) is 0 Å². The number of likely N-dealkylation sites (tertiary alicyclic amines) is 1. The molecular formula is C11H21N. The quantitative estimate of drug-likeness (QED) is 0.543. The molecule has 1 heteroatoms. The highest BCUT2D eigenvalue weighted by Crippen LogP contribution is 2.23. The Bertz CT molecular complexity index is 147. The van der Waals surface area contributed by atoms with Gasteiger partial charge in [0.25, 0.3) is 0 Å². The van der Waals surface area contributed by atoms with E-state index in [2.05, 4.69) is 38.3 Å². The SMILES string of the molecule is C=CC1CCN(C(C)(C)C)CC1. The Balaban J connectivity index is 2.41. The summed E-state index contributed by atoms with van der Waals surface area (Å²) in [6, 6.07) is 0. The summed E-state index contributed by atoms with van der Waals surface area (Å²) in [5, 5.41) is 0. The van der Waals surface area contributed by atoms with Crippen LogP contribution in [0.1, 0.15) is 33.6 Å². The predicted molar refractivity (Wildman–Crippen MR) is 54.2 cm³/mol. The smallest absolute Gasteiger partial charge is 0.0125 e. The summed E-state index contributed by atoms with van der Waals surface area (Å²) in [7, 11) is 0. The van der Waals surface area contributed by atoms with E-state index in [9.17, 15) is 0 Å². The zero-order valence-electron chi connectivity index (χ0n) is 8.64. The Morgan fingerprint density at radius 2 is 1.75 bits per heavy atom. The van der Waals surface area contributed by atoms with E-state index in [0.29, 0.717) is 5.54 Å². The highest BCUT2D eigenvalue weighted by molar-refractivity contribution is 4.87. The first-order valence-electron chi connectivity index (χ1n) is 4.91. The second-order valence-corrected chi connectivity index (χ2v) is 4.73. The van der Waals surface area contributed by atoms with Gasteiger partial charge >= 0.3 is 0 Å². The molecule has 12 heavy (non-hydrogen) atoms. The molecule has 0 aromatic rings. The number of nitrogens with zero attached hydrogens (tertiary/aromatic N) is 1. The molecule has 0 saturated carbocycles. The third-order valence-electron chi connectivity index (χ3n) is 2.82. The molecule has 0 unspecified atom stereocenters. The van der Waals surface area contributed by atoms with E-state index in [1.54, 1.807) is 0 Å². The summed E-state index contributed by atoms with van der Waals surface area (Å²) >= 11 is 0. The molecule has 0 N–H and O–H groups in total. The van der Waals surface area contributed by atoms with E-state index in [4.69, 9.17) is 0 Å². The highest BCUT2D eigenvalue weighted by atomic mass is 15.2. The first-order valence-corrected chi connectivity index (χ1v) is 4.91. The van der Waals surface area contributed by atoms with Gasteiger partial charge in [-0.05, 0) is 52.6 Å². The van der Waals surface area contributed by atoms with Gasteiger partial charge in [-0.25, -0.2) is 0 Å². The lowest BCUT2D eigenvalue weighted by Crippen LogP contribution is -2.45. The minimum Gasteiger partial charge on any atom is -0.298 e. The summed E-state index contributed by atoms with van der Waals surface area (Å²) < 4.78 is 0. The van der Waals surface area contributed by atoms with Crippen molar-refractivity contribution in [2.24, 2.45) is 5.92 Å². The van der Waals surface area contributed by atoms with Gasteiger partial charge in [0.05, 0.1) is 0 Å². The van der Waals surface area contributed by atoms with Crippen molar-refractivity contribution >= 4 is 0 Å². The monoisotopic (exact) mass is 167 g/mol. The highest BCUT2D eigenvalue weighted by Gasteiger charge is 2.25. The van der Waals surface area contributed by atoms with Crippen LogP contribution in [0.25, 0.3) is 0 Å². The molecule has 1 fully saturated rings. The van der Waals surface area contributed by atoms with Crippen LogP contribution in [0, 0.1) is 5.92 Å². The maximum atomic E-state index is 3.85. The van der Waals surface area contributed by atoms with Crippen LogP contribution in [0.2, 0.25) is 0 Å². The molecule has 0 spiro atoms. The Hall–Kier alpha value is -0.300. The number of piperidine rings is 1. The molecule has 1 aliphatic heterocycles.